The molecule has 0 aromatic heterocycles. The SMILES string of the molecule is CNC(=O)[C@@H]1C[C@@H](NC2C3CC4CC(C3)CC2C4)CN1C1Cc2ccccc2C1. The Hall–Kier alpha value is -1.39. The van der Waals surface area contributed by atoms with E-state index in [4.69, 9.17) is 0 Å². The van der Waals surface area contributed by atoms with E-state index >= 15 is 0 Å². The van der Waals surface area contributed by atoms with E-state index in [1.165, 1.54) is 43.2 Å². The van der Waals surface area contributed by atoms with Gasteiger partial charge in [-0.25, -0.2) is 0 Å². The van der Waals surface area contributed by atoms with E-state index in [1.54, 1.807) is 7.05 Å². The molecule has 4 heteroatoms. The summed E-state index contributed by atoms with van der Waals surface area (Å²) in [6, 6.07) is 10.5. The molecule has 1 heterocycles. The number of likely N-dealkylation sites (tertiary alicyclic amines) is 1. The van der Waals surface area contributed by atoms with E-state index in [0.29, 0.717) is 18.1 Å². The lowest BCUT2D eigenvalue weighted by Crippen LogP contribution is -2.57. The Morgan fingerprint density at radius 2 is 1.55 bits per heavy atom. The molecule has 5 aliphatic carbocycles. The summed E-state index contributed by atoms with van der Waals surface area (Å²) in [5.74, 6) is 4.04. The Labute approximate surface area is 174 Å². The second-order valence-corrected chi connectivity index (χ2v) is 10.7. The first-order valence-corrected chi connectivity index (χ1v) is 12.0. The minimum atomic E-state index is 0.0219. The lowest BCUT2D eigenvalue weighted by atomic mass is 9.54. The van der Waals surface area contributed by atoms with Crippen LogP contribution in [-0.4, -0.2) is 48.6 Å². The zero-order valence-corrected chi connectivity index (χ0v) is 17.6. The number of amides is 1. The Morgan fingerprint density at radius 3 is 2.14 bits per heavy atom. The maximum atomic E-state index is 12.8. The minimum absolute atomic E-state index is 0.0219. The summed E-state index contributed by atoms with van der Waals surface area (Å²) >= 11 is 0. The van der Waals surface area contributed by atoms with Crippen molar-refractivity contribution in [3.05, 3.63) is 35.4 Å². The van der Waals surface area contributed by atoms with Gasteiger partial charge in [0.25, 0.3) is 0 Å². The molecule has 4 bridgehead atoms. The van der Waals surface area contributed by atoms with Crippen LogP contribution in [-0.2, 0) is 17.6 Å². The first-order valence-electron chi connectivity index (χ1n) is 12.0. The van der Waals surface area contributed by atoms with Gasteiger partial charge < -0.3 is 10.6 Å². The summed E-state index contributed by atoms with van der Waals surface area (Å²) in [5.41, 5.74) is 2.95. The number of hydrogen-bond donors (Lipinski definition) is 2. The van der Waals surface area contributed by atoms with Gasteiger partial charge in [-0.1, -0.05) is 24.3 Å². The molecule has 4 saturated carbocycles. The van der Waals surface area contributed by atoms with Crippen LogP contribution in [0.15, 0.2) is 24.3 Å². The molecule has 0 unspecified atom stereocenters. The number of carbonyl (C=O) groups is 1. The molecule has 0 spiro atoms. The van der Waals surface area contributed by atoms with Gasteiger partial charge in [0.2, 0.25) is 5.91 Å². The Morgan fingerprint density at radius 1 is 0.931 bits per heavy atom. The second-order valence-electron chi connectivity index (χ2n) is 10.7. The molecule has 4 nitrogen and oxygen atoms in total. The van der Waals surface area contributed by atoms with Gasteiger partial charge >= 0.3 is 0 Å². The fourth-order valence-corrected chi connectivity index (χ4v) is 8.05. The summed E-state index contributed by atoms with van der Waals surface area (Å²) < 4.78 is 0. The molecule has 1 aromatic carbocycles. The molecule has 29 heavy (non-hydrogen) atoms. The zero-order valence-electron chi connectivity index (χ0n) is 17.6. The van der Waals surface area contributed by atoms with E-state index < -0.39 is 0 Å². The largest absolute Gasteiger partial charge is 0.358 e. The molecule has 1 aliphatic heterocycles. The molecule has 2 atom stereocenters. The number of nitrogens with zero attached hydrogens (tertiary/aromatic N) is 1. The highest BCUT2D eigenvalue weighted by atomic mass is 16.2. The predicted molar refractivity (Wildman–Crippen MR) is 115 cm³/mol. The van der Waals surface area contributed by atoms with Crippen LogP contribution in [0.1, 0.15) is 49.7 Å². The van der Waals surface area contributed by atoms with E-state index in [2.05, 4.69) is 39.8 Å². The van der Waals surface area contributed by atoms with Gasteiger partial charge in [0.1, 0.15) is 0 Å². The third-order valence-electron chi connectivity index (χ3n) is 9.04. The first kappa shape index (κ1) is 18.4. The standard InChI is InChI=1S/C25H35N3O/c1-26-25(29)23-13-21(14-28(23)22-11-17-4-2-3-5-18(17)12-22)27-24-19-7-15-6-16(9-19)10-20(24)8-15/h2-5,15-16,19-24,27H,6-14H2,1H3,(H,26,29)/t15?,16?,19?,20?,21-,23+,24?/m1/s1. The molecular weight excluding hydrogens is 358 g/mol. The fourth-order valence-electron chi connectivity index (χ4n) is 8.05. The average molecular weight is 394 g/mol. The number of nitrogens with one attached hydrogen (secondary N) is 2. The van der Waals surface area contributed by atoms with Gasteiger partial charge in [0, 0.05) is 31.7 Å². The lowest BCUT2D eigenvalue weighted by Gasteiger charge is -2.55. The molecular formula is C25H35N3O. The number of carbonyl (C=O) groups excluding carboxylic acids is 1. The van der Waals surface area contributed by atoms with Gasteiger partial charge in [-0.15, -0.1) is 0 Å². The number of fused-ring (bicyclic) bond motifs is 1. The van der Waals surface area contributed by atoms with Crippen LogP contribution in [0.25, 0.3) is 0 Å². The molecule has 156 valence electrons. The van der Waals surface area contributed by atoms with Crippen molar-refractivity contribution >= 4 is 5.91 Å². The van der Waals surface area contributed by atoms with Gasteiger partial charge in [-0.3, -0.25) is 9.69 Å². The summed E-state index contributed by atoms with van der Waals surface area (Å²) in [5, 5.41) is 7.07. The van der Waals surface area contributed by atoms with Crippen molar-refractivity contribution in [1.82, 2.24) is 15.5 Å². The van der Waals surface area contributed by atoms with Crippen molar-refractivity contribution in [2.24, 2.45) is 23.7 Å². The summed E-state index contributed by atoms with van der Waals surface area (Å²) in [4.78, 5) is 15.3. The van der Waals surface area contributed by atoms with Crippen LogP contribution in [0.5, 0.6) is 0 Å². The lowest BCUT2D eigenvalue weighted by molar-refractivity contribution is -0.125. The maximum absolute atomic E-state index is 12.8. The minimum Gasteiger partial charge on any atom is -0.358 e. The summed E-state index contributed by atoms with van der Waals surface area (Å²) in [7, 11) is 1.79. The Balaban J connectivity index is 1.17. The van der Waals surface area contributed by atoms with E-state index in [1.807, 2.05) is 0 Å². The first-order chi connectivity index (χ1) is 14.2. The van der Waals surface area contributed by atoms with Gasteiger partial charge in [-0.05, 0) is 86.2 Å². The molecule has 0 radical (unpaired) electrons. The highest BCUT2D eigenvalue weighted by Crippen LogP contribution is 2.54. The summed E-state index contributed by atoms with van der Waals surface area (Å²) in [6.07, 6.45) is 10.5. The third kappa shape index (κ3) is 3.14. The quantitative estimate of drug-likeness (QED) is 0.827. The fraction of sp³-hybridized carbons (Fsp3) is 0.720. The monoisotopic (exact) mass is 393 g/mol. The van der Waals surface area contributed by atoms with Gasteiger partial charge in [0.15, 0.2) is 0 Å². The molecule has 1 amide bonds. The number of hydrogen-bond acceptors (Lipinski definition) is 3. The Kier molecular flexibility index (Phi) is 4.50. The molecule has 7 rings (SSSR count). The van der Waals surface area contributed by atoms with Crippen LogP contribution in [0, 0.1) is 23.7 Å². The highest BCUT2D eigenvalue weighted by Gasteiger charge is 2.50. The van der Waals surface area contributed by atoms with Crippen molar-refractivity contribution < 1.29 is 4.79 Å². The van der Waals surface area contributed by atoms with Crippen molar-refractivity contribution in [1.29, 1.82) is 0 Å². The third-order valence-corrected chi connectivity index (χ3v) is 9.04. The number of rotatable bonds is 4. The number of benzene rings is 1. The van der Waals surface area contributed by atoms with Crippen LogP contribution in [0.2, 0.25) is 0 Å². The van der Waals surface area contributed by atoms with Crippen LogP contribution in [0.3, 0.4) is 0 Å². The van der Waals surface area contributed by atoms with E-state index in [-0.39, 0.29) is 11.9 Å². The van der Waals surface area contributed by atoms with Gasteiger partial charge in [-0.2, -0.15) is 0 Å². The molecule has 6 aliphatic rings. The topological polar surface area (TPSA) is 44.4 Å². The van der Waals surface area contributed by atoms with Crippen molar-refractivity contribution in [2.45, 2.75) is 75.5 Å². The highest BCUT2D eigenvalue weighted by molar-refractivity contribution is 5.82. The van der Waals surface area contributed by atoms with E-state index in [0.717, 1.165) is 49.5 Å². The molecule has 5 fully saturated rings. The molecule has 1 aromatic rings. The van der Waals surface area contributed by atoms with Crippen LogP contribution in [0.4, 0.5) is 0 Å². The molecule has 2 N–H and O–H groups in total. The Bertz CT molecular complexity index is 739. The van der Waals surface area contributed by atoms with Crippen LogP contribution < -0.4 is 10.6 Å². The molecule has 1 saturated heterocycles. The van der Waals surface area contributed by atoms with Gasteiger partial charge in [0.05, 0.1) is 6.04 Å². The maximum Gasteiger partial charge on any atom is 0.237 e. The number of likely N-dealkylation sites (N-methyl/N-ethyl adjacent to an activating group) is 1. The summed E-state index contributed by atoms with van der Waals surface area (Å²) in [6.45, 7) is 1.03. The second kappa shape index (κ2) is 7.09. The van der Waals surface area contributed by atoms with E-state index in [9.17, 15) is 4.79 Å². The smallest absolute Gasteiger partial charge is 0.237 e. The van der Waals surface area contributed by atoms with Crippen molar-refractivity contribution in [2.75, 3.05) is 13.6 Å². The predicted octanol–water partition coefficient (Wildman–Crippen LogP) is 2.76. The normalized spacial score (nSPS) is 41.1. The average Bonchev–Trinajstić information content (AvgIpc) is 3.33. The zero-order chi connectivity index (χ0) is 19.5. The van der Waals surface area contributed by atoms with Crippen LogP contribution >= 0.6 is 0 Å². The van der Waals surface area contributed by atoms with Crippen molar-refractivity contribution in [3.63, 3.8) is 0 Å². The van der Waals surface area contributed by atoms with Crippen molar-refractivity contribution in [3.8, 4) is 0 Å².